The van der Waals surface area contributed by atoms with Crippen molar-refractivity contribution in [2.75, 3.05) is 19.0 Å². The molecule has 0 aromatic heterocycles. The van der Waals surface area contributed by atoms with Crippen LogP contribution in [0.15, 0.2) is 175 Å². The minimum absolute atomic E-state index is 0.196. The predicted molar refractivity (Wildman–Crippen MR) is 211 cm³/mol. The lowest BCUT2D eigenvalue weighted by Gasteiger charge is -2.23. The number of benzene rings is 7. The van der Waals surface area contributed by atoms with Gasteiger partial charge in [0.05, 0.1) is 5.57 Å². The Bertz CT molecular complexity index is 2300. The van der Waals surface area contributed by atoms with Crippen molar-refractivity contribution < 1.29 is 9.59 Å². The summed E-state index contributed by atoms with van der Waals surface area (Å²) >= 11 is 0. The number of nitrogens with zero attached hydrogens (tertiary/aromatic N) is 1. The number of ketones is 2. The number of carbonyl (C=O) groups is 2. The Morgan fingerprint density at radius 2 is 0.804 bits per heavy atom. The fourth-order valence-corrected chi connectivity index (χ4v) is 7.07. The molecule has 0 aliphatic heterocycles. The number of allylic oxidation sites excluding steroid dienone is 1. The van der Waals surface area contributed by atoms with Crippen molar-refractivity contribution in [3.63, 3.8) is 0 Å². The third-order valence-corrected chi connectivity index (χ3v) is 9.66. The molecule has 7 aromatic rings. The van der Waals surface area contributed by atoms with Crippen molar-refractivity contribution in [2.45, 2.75) is 0 Å². The highest BCUT2D eigenvalue weighted by Crippen LogP contribution is 2.45. The minimum Gasteiger partial charge on any atom is -0.377 e. The zero-order valence-electron chi connectivity index (χ0n) is 28.5. The highest BCUT2D eigenvalue weighted by atomic mass is 16.2. The first kappa shape index (κ1) is 31.7. The zero-order chi connectivity index (χ0) is 34.9. The van der Waals surface area contributed by atoms with Crippen molar-refractivity contribution in [1.82, 2.24) is 0 Å². The first-order chi connectivity index (χ1) is 25.0. The summed E-state index contributed by atoms with van der Waals surface area (Å²) in [5.74, 6) is -0.459. The molecule has 0 fully saturated rings. The maximum absolute atomic E-state index is 13.4. The van der Waals surface area contributed by atoms with E-state index in [0.29, 0.717) is 11.1 Å². The largest absolute Gasteiger partial charge is 0.377 e. The lowest BCUT2D eigenvalue weighted by atomic mass is 9.85. The second-order valence-corrected chi connectivity index (χ2v) is 13.0. The second kappa shape index (κ2) is 13.4. The normalized spacial score (nSPS) is 12.2. The van der Waals surface area contributed by atoms with E-state index in [1.165, 1.54) is 11.1 Å². The molecule has 7 aromatic carbocycles. The van der Waals surface area contributed by atoms with Crippen LogP contribution in [0.1, 0.15) is 26.3 Å². The van der Waals surface area contributed by atoms with Crippen LogP contribution in [0.4, 0.5) is 5.69 Å². The van der Waals surface area contributed by atoms with Gasteiger partial charge in [-0.2, -0.15) is 0 Å². The van der Waals surface area contributed by atoms with Crippen molar-refractivity contribution in [2.24, 2.45) is 0 Å². The van der Waals surface area contributed by atoms with E-state index < -0.39 is 0 Å². The highest BCUT2D eigenvalue weighted by molar-refractivity contribution is 6.41. The number of carbonyl (C=O) groups excluding carboxylic acids is 2. The molecule has 0 radical (unpaired) electrons. The van der Waals surface area contributed by atoms with Crippen LogP contribution in [0, 0.1) is 0 Å². The van der Waals surface area contributed by atoms with E-state index in [2.05, 4.69) is 132 Å². The molecule has 0 N–H and O–H groups in total. The lowest BCUT2D eigenvalue weighted by molar-refractivity contribution is 0.0990. The molecule has 0 unspecified atom stereocenters. The summed E-state index contributed by atoms with van der Waals surface area (Å²) in [5.41, 5.74) is 14.1. The topological polar surface area (TPSA) is 37.4 Å². The van der Waals surface area contributed by atoms with Crippen LogP contribution < -0.4 is 4.90 Å². The average Bonchev–Trinajstić information content (AvgIpc) is 3.43. The van der Waals surface area contributed by atoms with Crippen LogP contribution in [0.5, 0.6) is 0 Å². The van der Waals surface area contributed by atoms with Gasteiger partial charge >= 0.3 is 0 Å². The van der Waals surface area contributed by atoms with E-state index in [1.807, 2.05) is 32.3 Å². The average molecular weight is 658 g/mol. The maximum atomic E-state index is 13.4. The summed E-state index contributed by atoms with van der Waals surface area (Å²) < 4.78 is 0. The first-order valence-corrected chi connectivity index (χ1v) is 17.1. The van der Waals surface area contributed by atoms with Gasteiger partial charge in [0, 0.05) is 36.5 Å². The van der Waals surface area contributed by atoms with Gasteiger partial charge in [-0.25, -0.2) is 0 Å². The van der Waals surface area contributed by atoms with Gasteiger partial charge < -0.3 is 4.90 Å². The molecule has 3 nitrogen and oxygen atoms in total. The van der Waals surface area contributed by atoms with E-state index in [4.69, 9.17) is 0 Å². The van der Waals surface area contributed by atoms with Crippen LogP contribution in [0.25, 0.3) is 61.7 Å². The number of anilines is 1. The Morgan fingerprint density at radius 3 is 1.27 bits per heavy atom. The predicted octanol–water partition coefficient (Wildman–Crippen LogP) is 11.6. The van der Waals surface area contributed by atoms with E-state index in [1.54, 1.807) is 30.3 Å². The highest BCUT2D eigenvalue weighted by Gasteiger charge is 2.32. The molecule has 0 spiro atoms. The Kier molecular flexibility index (Phi) is 8.31. The summed E-state index contributed by atoms with van der Waals surface area (Å²) in [6.45, 7) is 0. The monoisotopic (exact) mass is 657 g/mol. The van der Waals surface area contributed by atoms with Crippen LogP contribution in [-0.2, 0) is 0 Å². The Balaban J connectivity index is 1.31. The fourth-order valence-electron chi connectivity index (χ4n) is 7.07. The molecular formula is C48H35NO2. The Morgan fingerprint density at radius 1 is 0.392 bits per heavy atom. The number of hydrogen-bond acceptors (Lipinski definition) is 3. The smallest absolute Gasteiger partial charge is 0.197 e. The quantitative estimate of drug-likeness (QED) is 0.126. The summed E-state index contributed by atoms with van der Waals surface area (Å²) in [4.78, 5) is 28.9. The molecule has 0 atom stereocenters. The van der Waals surface area contributed by atoms with Gasteiger partial charge in [-0.1, -0.05) is 158 Å². The van der Waals surface area contributed by atoms with Crippen LogP contribution >= 0.6 is 0 Å². The number of rotatable bonds is 7. The fraction of sp³-hybridized carbons (Fsp3) is 0.0417. The molecule has 8 rings (SSSR count). The molecule has 1 aliphatic rings. The summed E-state index contributed by atoms with van der Waals surface area (Å²) in [5, 5.41) is 0. The van der Waals surface area contributed by atoms with Gasteiger partial charge in [0.15, 0.2) is 11.6 Å². The van der Waals surface area contributed by atoms with Crippen molar-refractivity contribution in [3.8, 4) is 55.6 Å². The van der Waals surface area contributed by atoms with E-state index in [0.717, 1.165) is 55.8 Å². The zero-order valence-corrected chi connectivity index (χ0v) is 28.5. The van der Waals surface area contributed by atoms with Gasteiger partial charge in [0.2, 0.25) is 0 Å². The van der Waals surface area contributed by atoms with Crippen molar-refractivity contribution >= 4 is 23.3 Å². The molecule has 0 saturated heterocycles. The number of fused-ring (bicyclic) bond motifs is 1. The van der Waals surface area contributed by atoms with Crippen LogP contribution in [-0.4, -0.2) is 25.7 Å². The standard InChI is InChI=1S/C48H35NO2/c1-49(2)45-29-20-32(31-44-47(50)41-16-9-10-17-42(41)48(44)51)30-43(45)46-39(37-25-21-35(22-26-37)33-12-5-3-6-13-33)18-11-19-40(46)38-27-23-36(24-28-38)34-14-7-4-8-15-34/h3-31H,1-2H3. The van der Waals surface area contributed by atoms with Crippen LogP contribution in [0.3, 0.4) is 0 Å². The molecule has 1 aliphatic carbocycles. The molecule has 51 heavy (non-hydrogen) atoms. The molecule has 0 amide bonds. The third kappa shape index (κ3) is 6.00. The maximum Gasteiger partial charge on any atom is 0.197 e. The van der Waals surface area contributed by atoms with Crippen LogP contribution in [0.2, 0.25) is 0 Å². The van der Waals surface area contributed by atoms with E-state index >= 15 is 0 Å². The van der Waals surface area contributed by atoms with Gasteiger partial charge in [-0.05, 0) is 73.8 Å². The Hall–Kier alpha value is -6.58. The molecule has 0 bridgehead atoms. The third-order valence-electron chi connectivity index (χ3n) is 9.66. The summed E-state index contributed by atoms with van der Waals surface area (Å²) in [6, 6.07) is 58.0. The Labute approximate surface area is 298 Å². The van der Waals surface area contributed by atoms with E-state index in [-0.39, 0.29) is 17.1 Å². The second-order valence-electron chi connectivity index (χ2n) is 13.0. The molecule has 3 heteroatoms. The van der Waals surface area contributed by atoms with E-state index in [9.17, 15) is 9.59 Å². The SMILES string of the molecule is CN(C)c1ccc(C=C2C(=O)c3ccccc3C2=O)cc1-c1c(-c2ccc(-c3ccccc3)cc2)cccc1-c1ccc(-c2ccccc2)cc1. The minimum atomic E-state index is -0.230. The number of Topliss-reactive ketones (excluding diaryl/α,β-unsaturated/α-hetero) is 2. The van der Waals surface area contributed by atoms with Crippen molar-refractivity contribution in [3.05, 3.63) is 192 Å². The summed E-state index contributed by atoms with van der Waals surface area (Å²) in [6.07, 6.45) is 1.75. The molecular weight excluding hydrogens is 623 g/mol. The van der Waals surface area contributed by atoms with Gasteiger partial charge in [0.25, 0.3) is 0 Å². The van der Waals surface area contributed by atoms with Gasteiger partial charge in [0.1, 0.15) is 0 Å². The summed E-state index contributed by atoms with van der Waals surface area (Å²) in [7, 11) is 4.09. The number of hydrogen-bond donors (Lipinski definition) is 0. The van der Waals surface area contributed by atoms with Gasteiger partial charge in [-0.3, -0.25) is 9.59 Å². The molecule has 0 saturated carbocycles. The molecule has 0 heterocycles. The first-order valence-electron chi connectivity index (χ1n) is 17.1. The lowest BCUT2D eigenvalue weighted by Crippen LogP contribution is -2.10. The van der Waals surface area contributed by atoms with Crippen molar-refractivity contribution in [1.29, 1.82) is 0 Å². The van der Waals surface area contributed by atoms with Gasteiger partial charge in [-0.15, -0.1) is 0 Å². The molecule has 244 valence electrons.